The normalized spacial score (nSPS) is 18.2. The lowest BCUT2D eigenvalue weighted by molar-refractivity contribution is -0.121. The molecule has 0 atom stereocenters. The van der Waals surface area contributed by atoms with Gasteiger partial charge < -0.3 is 20.7 Å². The monoisotopic (exact) mass is 402 g/mol. The van der Waals surface area contributed by atoms with Crippen LogP contribution < -0.4 is 16.0 Å². The van der Waals surface area contributed by atoms with Crippen LogP contribution in [0.4, 0.5) is 4.79 Å². The van der Waals surface area contributed by atoms with Gasteiger partial charge in [0.15, 0.2) is 0 Å². The van der Waals surface area contributed by atoms with Gasteiger partial charge in [-0.3, -0.25) is 9.69 Å². The van der Waals surface area contributed by atoms with Gasteiger partial charge in [0.05, 0.1) is 13.2 Å². The van der Waals surface area contributed by atoms with Gasteiger partial charge in [-0.1, -0.05) is 43.5 Å². The van der Waals surface area contributed by atoms with Gasteiger partial charge in [-0.15, -0.1) is 0 Å². The van der Waals surface area contributed by atoms with Crippen molar-refractivity contribution >= 4 is 11.9 Å². The highest BCUT2D eigenvalue weighted by Gasteiger charge is 2.15. The molecular weight excluding hydrogens is 368 g/mol. The second-order valence-electron chi connectivity index (χ2n) is 7.97. The molecule has 3 rings (SSSR count). The minimum atomic E-state index is -0.166. The van der Waals surface area contributed by atoms with E-state index in [-0.39, 0.29) is 24.4 Å². The highest BCUT2D eigenvalue weighted by molar-refractivity contribution is 5.78. The van der Waals surface area contributed by atoms with Crippen LogP contribution in [0.15, 0.2) is 24.3 Å². The highest BCUT2D eigenvalue weighted by Crippen LogP contribution is 2.17. The first-order chi connectivity index (χ1) is 14.2. The van der Waals surface area contributed by atoms with E-state index in [9.17, 15) is 9.59 Å². The van der Waals surface area contributed by atoms with Crippen LogP contribution in [0.2, 0.25) is 0 Å². The molecule has 3 amide bonds. The van der Waals surface area contributed by atoms with Gasteiger partial charge in [-0.05, 0) is 24.0 Å². The number of rotatable bonds is 8. The van der Waals surface area contributed by atoms with Gasteiger partial charge in [0.1, 0.15) is 0 Å². The van der Waals surface area contributed by atoms with E-state index >= 15 is 0 Å². The zero-order chi connectivity index (χ0) is 20.3. The van der Waals surface area contributed by atoms with Crippen LogP contribution >= 0.6 is 0 Å². The fraction of sp³-hybridized carbons (Fsp3) is 0.636. The number of ether oxygens (including phenoxy) is 1. The first-order valence-corrected chi connectivity index (χ1v) is 10.9. The average Bonchev–Trinajstić information content (AvgIpc) is 2.75. The second kappa shape index (κ2) is 11.8. The predicted octanol–water partition coefficient (Wildman–Crippen LogP) is 2.16. The largest absolute Gasteiger partial charge is 0.379 e. The third-order valence-corrected chi connectivity index (χ3v) is 5.60. The summed E-state index contributed by atoms with van der Waals surface area (Å²) >= 11 is 0. The van der Waals surface area contributed by atoms with Crippen molar-refractivity contribution in [3.63, 3.8) is 0 Å². The van der Waals surface area contributed by atoms with Crippen molar-refractivity contribution in [2.24, 2.45) is 0 Å². The molecule has 2 aliphatic rings. The van der Waals surface area contributed by atoms with Crippen molar-refractivity contribution in [1.82, 2.24) is 20.9 Å². The maximum Gasteiger partial charge on any atom is 0.315 e. The van der Waals surface area contributed by atoms with Gasteiger partial charge in [0, 0.05) is 45.2 Å². The van der Waals surface area contributed by atoms with Crippen LogP contribution in [0.1, 0.15) is 49.7 Å². The number of nitrogens with zero attached hydrogens (tertiary/aromatic N) is 1. The molecule has 1 aromatic rings. The fourth-order valence-corrected chi connectivity index (χ4v) is 3.84. The van der Waals surface area contributed by atoms with Crippen LogP contribution in [0.3, 0.4) is 0 Å². The number of morpholine rings is 1. The number of nitrogens with one attached hydrogen (secondary N) is 3. The van der Waals surface area contributed by atoms with Crippen LogP contribution in [0.5, 0.6) is 0 Å². The van der Waals surface area contributed by atoms with Gasteiger partial charge >= 0.3 is 6.03 Å². The van der Waals surface area contributed by atoms with Gasteiger partial charge in [-0.2, -0.15) is 0 Å². The molecule has 0 unspecified atom stereocenters. The minimum absolute atomic E-state index is 0.0552. The minimum Gasteiger partial charge on any atom is -0.379 e. The van der Waals surface area contributed by atoms with Crippen molar-refractivity contribution in [3.8, 4) is 0 Å². The molecule has 1 aliphatic heterocycles. The second-order valence-corrected chi connectivity index (χ2v) is 7.97. The van der Waals surface area contributed by atoms with Gasteiger partial charge in [-0.25, -0.2) is 4.79 Å². The van der Waals surface area contributed by atoms with Gasteiger partial charge in [0.2, 0.25) is 5.91 Å². The summed E-state index contributed by atoms with van der Waals surface area (Å²) in [5.74, 6) is -0.0552. The summed E-state index contributed by atoms with van der Waals surface area (Å²) in [6.45, 7) is 5.36. The molecule has 0 radical (unpaired) electrons. The molecule has 29 heavy (non-hydrogen) atoms. The van der Waals surface area contributed by atoms with E-state index in [4.69, 9.17) is 4.74 Å². The first kappa shape index (κ1) is 21.6. The van der Waals surface area contributed by atoms with Crippen molar-refractivity contribution in [2.75, 3.05) is 32.8 Å². The molecule has 1 aliphatic carbocycles. The van der Waals surface area contributed by atoms with E-state index in [2.05, 4.69) is 45.1 Å². The molecule has 0 bridgehead atoms. The Balaban J connectivity index is 1.28. The molecule has 1 aromatic carbocycles. The van der Waals surface area contributed by atoms with Crippen molar-refractivity contribution < 1.29 is 14.3 Å². The van der Waals surface area contributed by atoms with Crippen LogP contribution in [-0.4, -0.2) is 55.7 Å². The fourth-order valence-electron chi connectivity index (χ4n) is 3.84. The number of carbonyl (C=O) groups is 2. The Hall–Kier alpha value is -2.12. The van der Waals surface area contributed by atoms with Crippen LogP contribution in [0, 0.1) is 0 Å². The maximum absolute atomic E-state index is 12.0. The van der Waals surface area contributed by atoms with Crippen LogP contribution in [0.25, 0.3) is 0 Å². The summed E-state index contributed by atoms with van der Waals surface area (Å²) < 4.78 is 5.38. The quantitative estimate of drug-likeness (QED) is 0.622. The molecule has 1 saturated heterocycles. The third-order valence-electron chi connectivity index (χ3n) is 5.60. The molecule has 7 heteroatoms. The molecular formula is C22H34N4O3. The van der Waals surface area contributed by atoms with Crippen molar-refractivity contribution in [3.05, 3.63) is 35.4 Å². The summed E-state index contributed by atoms with van der Waals surface area (Å²) in [5, 5.41) is 8.69. The third kappa shape index (κ3) is 8.03. The van der Waals surface area contributed by atoms with E-state index in [1.807, 2.05) is 0 Å². The summed E-state index contributed by atoms with van der Waals surface area (Å²) in [4.78, 5) is 26.3. The number of amides is 3. The molecule has 0 spiro atoms. The first-order valence-electron chi connectivity index (χ1n) is 10.9. The summed E-state index contributed by atoms with van der Waals surface area (Å²) in [6.07, 6.45) is 6.02. The molecule has 0 aromatic heterocycles. The lowest BCUT2D eigenvalue weighted by Gasteiger charge is -2.26. The van der Waals surface area contributed by atoms with E-state index in [0.717, 1.165) is 51.3 Å². The Kier molecular flexibility index (Phi) is 8.77. The van der Waals surface area contributed by atoms with E-state index in [1.165, 1.54) is 24.8 Å². The van der Waals surface area contributed by atoms with Gasteiger partial charge in [0.25, 0.3) is 0 Å². The molecule has 1 saturated carbocycles. The molecule has 160 valence electrons. The van der Waals surface area contributed by atoms with E-state index in [0.29, 0.717) is 13.1 Å². The number of carbonyl (C=O) groups excluding carboxylic acids is 2. The summed E-state index contributed by atoms with van der Waals surface area (Å²) in [5.41, 5.74) is 2.35. The number of hydrogen-bond acceptors (Lipinski definition) is 4. The Morgan fingerprint density at radius 1 is 0.966 bits per heavy atom. The lowest BCUT2D eigenvalue weighted by atomic mass is 9.96. The standard InChI is InChI=1S/C22H34N4O3/c27-21(10-11-23-22(28)25-20-4-2-1-3-5-20)24-16-18-6-8-19(9-7-18)17-26-12-14-29-15-13-26/h6-9,20H,1-5,10-17H2,(H,24,27)(H2,23,25,28). The number of hydrogen-bond donors (Lipinski definition) is 3. The topological polar surface area (TPSA) is 82.7 Å². The Morgan fingerprint density at radius 2 is 1.66 bits per heavy atom. The Morgan fingerprint density at radius 3 is 2.38 bits per heavy atom. The maximum atomic E-state index is 12.0. The Bertz CT molecular complexity index is 638. The SMILES string of the molecule is O=C(CCNC(=O)NC1CCCCC1)NCc1ccc(CN2CCOCC2)cc1. The highest BCUT2D eigenvalue weighted by atomic mass is 16.5. The number of benzene rings is 1. The molecule has 3 N–H and O–H groups in total. The predicted molar refractivity (Wildman–Crippen MR) is 112 cm³/mol. The summed E-state index contributed by atoms with van der Waals surface area (Å²) in [6, 6.07) is 8.48. The molecule has 1 heterocycles. The van der Waals surface area contributed by atoms with Crippen LogP contribution in [-0.2, 0) is 22.6 Å². The van der Waals surface area contributed by atoms with E-state index < -0.39 is 0 Å². The lowest BCUT2D eigenvalue weighted by Crippen LogP contribution is -2.43. The zero-order valence-electron chi connectivity index (χ0n) is 17.3. The van der Waals surface area contributed by atoms with Crippen molar-refractivity contribution in [1.29, 1.82) is 0 Å². The summed E-state index contributed by atoms with van der Waals surface area (Å²) in [7, 11) is 0. The zero-order valence-corrected chi connectivity index (χ0v) is 17.3. The van der Waals surface area contributed by atoms with E-state index in [1.54, 1.807) is 0 Å². The molecule has 7 nitrogen and oxygen atoms in total. The average molecular weight is 403 g/mol. The molecule has 2 fully saturated rings. The van der Waals surface area contributed by atoms with Crippen molar-refractivity contribution in [2.45, 2.75) is 57.7 Å². The Labute approximate surface area is 173 Å². The number of urea groups is 1. The smallest absolute Gasteiger partial charge is 0.315 e.